The molecule has 1 aromatic heterocycles. The minimum Gasteiger partial charge on any atom is -0.457 e. The van der Waals surface area contributed by atoms with E-state index in [1.165, 1.54) is 12.3 Å². The highest BCUT2D eigenvalue weighted by Gasteiger charge is 2.51. The maximum absolute atomic E-state index is 12.9. The fourth-order valence-electron chi connectivity index (χ4n) is 3.66. The summed E-state index contributed by atoms with van der Waals surface area (Å²) in [6.07, 6.45) is 5.83. The number of para-hydroxylation sites is 2. The molecule has 0 spiro atoms. The lowest BCUT2D eigenvalue weighted by atomic mass is 9.78. The molecule has 1 fully saturated rings. The summed E-state index contributed by atoms with van der Waals surface area (Å²) in [5, 5.41) is 0. The zero-order valence-electron chi connectivity index (χ0n) is 14.1. The van der Waals surface area contributed by atoms with Crippen LogP contribution in [-0.4, -0.2) is 17.8 Å². The Hall–Kier alpha value is -3.15. The van der Waals surface area contributed by atoms with Crippen LogP contribution < -0.4 is 9.64 Å². The van der Waals surface area contributed by atoms with Crippen molar-refractivity contribution in [3.8, 4) is 5.75 Å². The number of hydrogen-bond acceptors (Lipinski definition) is 5. The summed E-state index contributed by atoms with van der Waals surface area (Å²) in [4.78, 5) is 39.2. The third-order valence-corrected chi connectivity index (χ3v) is 4.90. The number of hydrogen-bond donors (Lipinski definition) is 0. The van der Waals surface area contributed by atoms with E-state index in [1.54, 1.807) is 30.3 Å². The third-order valence-electron chi connectivity index (χ3n) is 4.90. The first-order valence-electron chi connectivity index (χ1n) is 8.47. The normalized spacial score (nSPS) is 24.7. The van der Waals surface area contributed by atoms with Crippen molar-refractivity contribution in [1.29, 1.82) is 0 Å². The fourth-order valence-corrected chi connectivity index (χ4v) is 3.66. The highest BCUT2D eigenvalue weighted by atomic mass is 16.5. The Balaban J connectivity index is 1.67. The number of anilines is 1. The van der Waals surface area contributed by atoms with E-state index in [1.807, 2.05) is 19.1 Å². The number of ether oxygens (including phenoxy) is 1. The van der Waals surface area contributed by atoms with Gasteiger partial charge in [-0.1, -0.05) is 31.2 Å². The first-order chi connectivity index (χ1) is 12.6. The quantitative estimate of drug-likeness (QED) is 0.367. The van der Waals surface area contributed by atoms with Crippen molar-refractivity contribution in [2.75, 3.05) is 4.90 Å². The monoisotopic (exact) mass is 351 g/mol. The molecule has 1 aliphatic heterocycles. The van der Waals surface area contributed by atoms with Crippen molar-refractivity contribution >= 4 is 23.5 Å². The van der Waals surface area contributed by atoms with Crippen LogP contribution in [-0.2, 0) is 9.59 Å². The molecule has 0 saturated carbocycles. The van der Waals surface area contributed by atoms with E-state index in [2.05, 4.69) is 0 Å². The molecule has 2 heterocycles. The smallest absolute Gasteiger partial charge is 0.379 e. The number of nitrogens with zero attached hydrogens (tertiary/aromatic N) is 1. The first-order valence-corrected chi connectivity index (χ1v) is 8.47. The molecule has 2 amide bonds. The lowest BCUT2D eigenvalue weighted by molar-refractivity contribution is -0.122. The average molecular weight is 351 g/mol. The highest BCUT2D eigenvalue weighted by molar-refractivity contribution is 6.23. The molecule has 2 aliphatic rings. The molecule has 2 aromatic rings. The summed E-state index contributed by atoms with van der Waals surface area (Å²) < 4.78 is 10.4. The van der Waals surface area contributed by atoms with Gasteiger partial charge in [0.25, 0.3) is 0 Å². The van der Waals surface area contributed by atoms with E-state index in [4.69, 9.17) is 9.15 Å². The predicted molar refractivity (Wildman–Crippen MR) is 92.5 cm³/mol. The summed E-state index contributed by atoms with van der Waals surface area (Å²) in [5.41, 5.74) is 0.281. The second kappa shape index (κ2) is 6.29. The number of benzene rings is 1. The van der Waals surface area contributed by atoms with Crippen LogP contribution in [0.25, 0.3) is 0 Å². The molecule has 4 rings (SSSR count). The van der Waals surface area contributed by atoms with Crippen molar-refractivity contribution in [1.82, 2.24) is 0 Å². The molecule has 132 valence electrons. The number of amides is 2. The summed E-state index contributed by atoms with van der Waals surface area (Å²) in [6.45, 7) is 1.94. The van der Waals surface area contributed by atoms with Gasteiger partial charge in [-0.3, -0.25) is 9.59 Å². The van der Waals surface area contributed by atoms with Crippen LogP contribution in [0.5, 0.6) is 5.75 Å². The van der Waals surface area contributed by atoms with E-state index in [-0.39, 0.29) is 46.8 Å². The van der Waals surface area contributed by atoms with E-state index in [9.17, 15) is 14.4 Å². The first kappa shape index (κ1) is 16.3. The van der Waals surface area contributed by atoms with Crippen LogP contribution in [0.3, 0.4) is 0 Å². The molecule has 0 bridgehead atoms. The number of rotatable bonds is 3. The minimum absolute atomic E-state index is 0.00645. The molecular formula is C20H17NO5. The fraction of sp³-hybridized carbons (Fsp3) is 0.250. The molecule has 0 radical (unpaired) electrons. The van der Waals surface area contributed by atoms with Gasteiger partial charge in [0.15, 0.2) is 5.75 Å². The Morgan fingerprint density at radius 2 is 1.96 bits per heavy atom. The standard InChI is InChI=1S/C20H17NO5/c1-12-6-4-7-13-17(12)19(23)21(18(13)22)14-8-2-3-9-15(14)26-20(24)16-10-5-11-25-16/h2-6,8-13,17H,7H2,1H3/t12-,13+,17+/m1/s1. The average Bonchev–Trinajstić information content (AvgIpc) is 3.25. The Labute approximate surface area is 150 Å². The molecule has 1 saturated heterocycles. The molecule has 1 aromatic carbocycles. The van der Waals surface area contributed by atoms with E-state index >= 15 is 0 Å². The lowest BCUT2D eigenvalue weighted by Crippen LogP contribution is -2.32. The van der Waals surface area contributed by atoms with Crippen LogP contribution in [0.1, 0.15) is 23.9 Å². The van der Waals surface area contributed by atoms with Crippen LogP contribution in [0, 0.1) is 17.8 Å². The van der Waals surface area contributed by atoms with E-state index in [0.29, 0.717) is 6.42 Å². The van der Waals surface area contributed by atoms with Gasteiger partial charge in [-0.25, -0.2) is 9.69 Å². The van der Waals surface area contributed by atoms with Gasteiger partial charge in [-0.05, 0) is 36.6 Å². The Bertz CT molecular complexity index is 899. The number of allylic oxidation sites excluding steroid dienone is 2. The molecule has 1 aliphatic carbocycles. The van der Waals surface area contributed by atoms with Crippen LogP contribution in [0.2, 0.25) is 0 Å². The van der Waals surface area contributed by atoms with Crippen molar-refractivity contribution in [3.05, 3.63) is 60.6 Å². The Morgan fingerprint density at radius 1 is 1.15 bits per heavy atom. The Morgan fingerprint density at radius 3 is 2.69 bits per heavy atom. The van der Waals surface area contributed by atoms with Crippen molar-refractivity contribution in [2.45, 2.75) is 13.3 Å². The SMILES string of the molecule is C[C@@H]1C=CC[C@@H]2C(=O)N(c3ccccc3OC(=O)c3ccco3)C(=O)[C@@H]12. The molecule has 6 heteroatoms. The summed E-state index contributed by atoms with van der Waals surface area (Å²) in [7, 11) is 0. The molecule has 0 N–H and O–H groups in total. The van der Waals surface area contributed by atoms with Gasteiger partial charge in [0.2, 0.25) is 17.6 Å². The third kappa shape index (κ3) is 2.54. The second-order valence-electron chi connectivity index (χ2n) is 6.50. The lowest BCUT2D eigenvalue weighted by Gasteiger charge is -2.22. The topological polar surface area (TPSA) is 76.8 Å². The van der Waals surface area contributed by atoms with Gasteiger partial charge >= 0.3 is 5.97 Å². The van der Waals surface area contributed by atoms with Gasteiger partial charge < -0.3 is 9.15 Å². The summed E-state index contributed by atoms with van der Waals surface area (Å²) in [5.74, 6) is -1.74. The second-order valence-corrected chi connectivity index (χ2v) is 6.50. The number of esters is 1. The van der Waals surface area contributed by atoms with Gasteiger partial charge in [0, 0.05) is 0 Å². The largest absolute Gasteiger partial charge is 0.457 e. The Kier molecular flexibility index (Phi) is 3.95. The highest BCUT2D eigenvalue weighted by Crippen LogP contribution is 2.42. The number of imide groups is 1. The molecular weight excluding hydrogens is 334 g/mol. The number of carbonyl (C=O) groups excluding carboxylic acids is 3. The van der Waals surface area contributed by atoms with Gasteiger partial charge in [-0.15, -0.1) is 0 Å². The molecule has 3 atom stereocenters. The van der Waals surface area contributed by atoms with E-state index in [0.717, 1.165) is 4.90 Å². The van der Waals surface area contributed by atoms with Crippen LogP contribution in [0.15, 0.2) is 59.2 Å². The van der Waals surface area contributed by atoms with E-state index < -0.39 is 5.97 Å². The van der Waals surface area contributed by atoms with Gasteiger partial charge in [-0.2, -0.15) is 0 Å². The number of carbonyl (C=O) groups is 3. The van der Waals surface area contributed by atoms with Gasteiger partial charge in [0.05, 0.1) is 23.8 Å². The van der Waals surface area contributed by atoms with Crippen molar-refractivity contribution < 1.29 is 23.5 Å². The molecule has 6 nitrogen and oxygen atoms in total. The zero-order chi connectivity index (χ0) is 18.3. The summed E-state index contributed by atoms with van der Waals surface area (Å²) in [6, 6.07) is 9.60. The van der Waals surface area contributed by atoms with Crippen LogP contribution in [0.4, 0.5) is 5.69 Å². The minimum atomic E-state index is -0.686. The zero-order valence-corrected chi connectivity index (χ0v) is 14.1. The van der Waals surface area contributed by atoms with Crippen LogP contribution >= 0.6 is 0 Å². The predicted octanol–water partition coefficient (Wildman–Crippen LogP) is 3.20. The maximum atomic E-state index is 12.9. The van der Waals surface area contributed by atoms with Crippen molar-refractivity contribution in [2.24, 2.45) is 17.8 Å². The van der Waals surface area contributed by atoms with Crippen molar-refractivity contribution in [3.63, 3.8) is 0 Å². The maximum Gasteiger partial charge on any atom is 0.379 e. The number of fused-ring (bicyclic) bond motifs is 1. The summed E-state index contributed by atoms with van der Waals surface area (Å²) >= 11 is 0. The van der Waals surface area contributed by atoms with Gasteiger partial charge in [0.1, 0.15) is 0 Å². The molecule has 26 heavy (non-hydrogen) atoms. The molecule has 0 unspecified atom stereocenters. The number of furan rings is 1.